The molecule has 1 rings (SSSR count). The van der Waals surface area contributed by atoms with E-state index in [1.54, 1.807) is 4.31 Å². The minimum Gasteiger partial charge on any atom is -0.202 e. The number of unbranched alkanes of at least 4 members (excludes halogenated alkanes) is 3. The third kappa shape index (κ3) is 6.68. The van der Waals surface area contributed by atoms with Gasteiger partial charge in [0.05, 0.1) is 0 Å². The van der Waals surface area contributed by atoms with Crippen molar-refractivity contribution < 1.29 is 8.42 Å². The summed E-state index contributed by atoms with van der Waals surface area (Å²) in [6.07, 6.45) is 8.81. The highest BCUT2D eigenvalue weighted by Crippen LogP contribution is 2.12. The van der Waals surface area contributed by atoms with Gasteiger partial charge in [0, 0.05) is 19.6 Å². The average Bonchev–Trinajstić information content (AvgIpc) is 2.63. The van der Waals surface area contributed by atoms with Gasteiger partial charge in [-0.3, -0.25) is 0 Å². The second-order valence-electron chi connectivity index (χ2n) is 4.82. The number of halogens is 1. The molecule has 1 aliphatic heterocycles. The minimum absolute atomic E-state index is 0.583. The van der Waals surface area contributed by atoms with E-state index < -0.39 is 10.2 Å². The van der Waals surface area contributed by atoms with Crippen LogP contribution in [-0.2, 0) is 10.2 Å². The molecule has 4 nitrogen and oxygen atoms in total. The number of nitrogens with zero attached hydrogens (tertiary/aromatic N) is 1. The Hall–Kier alpha value is 0.600. The Kier molecular flexibility index (Phi) is 8.79. The van der Waals surface area contributed by atoms with E-state index in [-0.39, 0.29) is 0 Å². The van der Waals surface area contributed by atoms with Crippen LogP contribution >= 0.6 is 22.6 Å². The predicted molar refractivity (Wildman–Crippen MR) is 84.3 cm³/mol. The van der Waals surface area contributed by atoms with Crippen LogP contribution in [0.3, 0.4) is 0 Å². The molecule has 1 aliphatic rings. The Morgan fingerprint density at radius 1 is 0.944 bits per heavy atom. The first-order valence-corrected chi connectivity index (χ1v) is 9.94. The molecular weight excluding hydrogens is 363 g/mol. The molecule has 1 saturated heterocycles. The zero-order chi connectivity index (χ0) is 13.3. The summed E-state index contributed by atoms with van der Waals surface area (Å²) in [6.45, 7) is 1.95. The lowest BCUT2D eigenvalue weighted by Crippen LogP contribution is -2.41. The molecule has 18 heavy (non-hydrogen) atoms. The first kappa shape index (κ1) is 16.7. The number of nitrogens with one attached hydrogen (secondary N) is 1. The molecule has 0 aromatic rings. The van der Waals surface area contributed by atoms with Crippen LogP contribution < -0.4 is 4.72 Å². The number of hydrogen-bond donors (Lipinski definition) is 1. The highest BCUT2D eigenvalue weighted by Gasteiger charge is 2.21. The zero-order valence-corrected chi connectivity index (χ0v) is 14.0. The molecule has 0 amide bonds. The Labute approximate surface area is 125 Å². The van der Waals surface area contributed by atoms with E-state index >= 15 is 0 Å². The number of hydrogen-bond acceptors (Lipinski definition) is 2. The summed E-state index contributed by atoms with van der Waals surface area (Å²) in [4.78, 5) is 0. The standard InChI is InChI=1S/C12H25IN2O2S/c13-9-5-1-2-6-10-14-18(16,17)15-11-7-3-4-8-12-15/h14H,1-12H2. The van der Waals surface area contributed by atoms with E-state index in [1.807, 2.05) is 0 Å². The van der Waals surface area contributed by atoms with E-state index in [2.05, 4.69) is 27.3 Å². The van der Waals surface area contributed by atoms with Gasteiger partial charge in [0.1, 0.15) is 0 Å². The first-order chi connectivity index (χ1) is 8.67. The SMILES string of the molecule is O=S(=O)(NCCCCCCI)N1CCCCCC1. The Balaban J connectivity index is 2.21. The van der Waals surface area contributed by atoms with Crippen molar-refractivity contribution in [1.29, 1.82) is 0 Å². The molecule has 1 fully saturated rings. The van der Waals surface area contributed by atoms with Crippen LogP contribution in [0.4, 0.5) is 0 Å². The van der Waals surface area contributed by atoms with Crippen LogP contribution in [0, 0.1) is 0 Å². The molecule has 6 heteroatoms. The lowest BCUT2D eigenvalue weighted by atomic mass is 10.2. The molecule has 0 aromatic heterocycles. The van der Waals surface area contributed by atoms with Gasteiger partial charge in [-0.25, -0.2) is 4.72 Å². The Morgan fingerprint density at radius 3 is 2.17 bits per heavy atom. The van der Waals surface area contributed by atoms with Gasteiger partial charge in [-0.2, -0.15) is 12.7 Å². The topological polar surface area (TPSA) is 49.4 Å². The van der Waals surface area contributed by atoms with Crippen LogP contribution in [0.15, 0.2) is 0 Å². The molecule has 108 valence electrons. The summed E-state index contributed by atoms with van der Waals surface area (Å²) >= 11 is 2.38. The first-order valence-electron chi connectivity index (χ1n) is 6.97. The molecule has 0 aromatic carbocycles. The van der Waals surface area contributed by atoms with Gasteiger partial charge in [-0.05, 0) is 30.1 Å². The molecule has 0 aliphatic carbocycles. The predicted octanol–water partition coefficient (Wildman–Crippen LogP) is 2.69. The third-order valence-corrected chi connectivity index (χ3v) is 5.63. The van der Waals surface area contributed by atoms with E-state index in [4.69, 9.17) is 0 Å². The summed E-state index contributed by atoms with van der Waals surface area (Å²) in [5.74, 6) is 0. The van der Waals surface area contributed by atoms with Crippen molar-refractivity contribution in [3.63, 3.8) is 0 Å². The summed E-state index contributed by atoms with van der Waals surface area (Å²) < 4.78 is 29.6. The van der Waals surface area contributed by atoms with Crippen molar-refractivity contribution in [2.24, 2.45) is 0 Å². The second kappa shape index (κ2) is 9.50. The van der Waals surface area contributed by atoms with Crippen LogP contribution in [-0.4, -0.2) is 36.8 Å². The molecule has 0 spiro atoms. The van der Waals surface area contributed by atoms with Crippen molar-refractivity contribution in [2.75, 3.05) is 24.1 Å². The van der Waals surface area contributed by atoms with Gasteiger partial charge in [-0.1, -0.05) is 48.3 Å². The van der Waals surface area contributed by atoms with Crippen molar-refractivity contribution in [2.45, 2.75) is 51.4 Å². The maximum Gasteiger partial charge on any atom is 0.279 e. The van der Waals surface area contributed by atoms with Gasteiger partial charge in [0.25, 0.3) is 10.2 Å². The lowest BCUT2D eigenvalue weighted by molar-refractivity contribution is 0.414. The summed E-state index contributed by atoms with van der Waals surface area (Å²) in [5.41, 5.74) is 0. The van der Waals surface area contributed by atoms with Crippen LogP contribution in [0.5, 0.6) is 0 Å². The van der Waals surface area contributed by atoms with Gasteiger partial charge in [-0.15, -0.1) is 0 Å². The summed E-state index contributed by atoms with van der Waals surface area (Å²) in [5, 5.41) is 0. The molecule has 0 radical (unpaired) electrons. The number of alkyl halides is 1. The second-order valence-corrected chi connectivity index (χ2v) is 7.65. The Bertz CT molecular complexity index is 301. The lowest BCUT2D eigenvalue weighted by Gasteiger charge is -2.20. The molecular formula is C12H25IN2O2S. The van der Waals surface area contributed by atoms with E-state index in [9.17, 15) is 8.42 Å². The fourth-order valence-corrected chi connectivity index (χ4v) is 4.01. The summed E-state index contributed by atoms with van der Waals surface area (Å²) in [7, 11) is -3.22. The normalized spacial score (nSPS) is 18.7. The largest absolute Gasteiger partial charge is 0.279 e. The monoisotopic (exact) mass is 388 g/mol. The fraction of sp³-hybridized carbons (Fsp3) is 1.00. The smallest absolute Gasteiger partial charge is 0.202 e. The van der Waals surface area contributed by atoms with Gasteiger partial charge >= 0.3 is 0 Å². The molecule has 0 atom stereocenters. The third-order valence-electron chi connectivity index (χ3n) is 3.25. The van der Waals surface area contributed by atoms with Gasteiger partial charge in [0.15, 0.2) is 0 Å². The van der Waals surface area contributed by atoms with Crippen LogP contribution in [0.25, 0.3) is 0 Å². The fourth-order valence-electron chi connectivity index (χ4n) is 2.15. The molecule has 0 bridgehead atoms. The van der Waals surface area contributed by atoms with Crippen LogP contribution in [0.1, 0.15) is 51.4 Å². The number of rotatable bonds is 8. The van der Waals surface area contributed by atoms with Gasteiger partial charge < -0.3 is 0 Å². The maximum absolute atomic E-state index is 12.0. The zero-order valence-electron chi connectivity index (χ0n) is 11.0. The molecule has 1 N–H and O–H groups in total. The minimum atomic E-state index is -3.22. The van der Waals surface area contributed by atoms with Crippen LogP contribution in [0.2, 0.25) is 0 Å². The van der Waals surface area contributed by atoms with E-state index in [0.717, 1.165) is 38.5 Å². The molecule has 0 saturated carbocycles. The van der Waals surface area contributed by atoms with Crippen molar-refractivity contribution in [3.8, 4) is 0 Å². The summed E-state index contributed by atoms with van der Waals surface area (Å²) in [6, 6.07) is 0. The highest BCUT2D eigenvalue weighted by atomic mass is 127. The molecule has 0 unspecified atom stereocenters. The maximum atomic E-state index is 12.0. The van der Waals surface area contributed by atoms with E-state index in [1.165, 1.54) is 17.3 Å². The average molecular weight is 388 g/mol. The quantitative estimate of drug-likeness (QED) is 0.395. The van der Waals surface area contributed by atoms with Crippen molar-refractivity contribution in [1.82, 2.24) is 9.03 Å². The van der Waals surface area contributed by atoms with Crippen molar-refractivity contribution >= 4 is 32.8 Å². The van der Waals surface area contributed by atoms with Crippen molar-refractivity contribution in [3.05, 3.63) is 0 Å². The molecule has 1 heterocycles. The Morgan fingerprint density at radius 2 is 1.56 bits per heavy atom. The van der Waals surface area contributed by atoms with Gasteiger partial charge in [0.2, 0.25) is 0 Å². The van der Waals surface area contributed by atoms with E-state index in [0.29, 0.717) is 19.6 Å². The highest BCUT2D eigenvalue weighted by molar-refractivity contribution is 14.1.